The van der Waals surface area contributed by atoms with Crippen LogP contribution in [0, 0.1) is 0 Å². The lowest BCUT2D eigenvalue weighted by atomic mass is 10.0. The van der Waals surface area contributed by atoms with Gasteiger partial charge in [-0.1, -0.05) is 4.52 Å². The number of nitrogens with two attached hydrogens (primary N) is 1. The summed E-state index contributed by atoms with van der Waals surface area (Å²) in [7, 11) is 1.18. The van der Waals surface area contributed by atoms with Crippen molar-refractivity contribution in [1.29, 1.82) is 0 Å². The third kappa shape index (κ3) is 4.55. The van der Waals surface area contributed by atoms with Crippen LogP contribution in [0.25, 0.3) is 5.65 Å². The molecule has 34 heavy (non-hydrogen) atoms. The lowest BCUT2D eigenvalue weighted by Gasteiger charge is -2.31. The molecule has 2 N–H and O–H groups in total. The molecule has 1 fully saturated rings. The molecular weight excluding hydrogens is 457 g/mol. The molecule has 0 unspecified atom stereocenters. The predicted octanol–water partition coefficient (Wildman–Crippen LogP) is 1.74. The Labute approximate surface area is 192 Å². The number of rotatable bonds is 7. The fourth-order valence-corrected chi connectivity index (χ4v) is 3.79. The third-order valence-corrected chi connectivity index (χ3v) is 5.33. The number of nitrogens with zero attached hydrogens (tertiary/aromatic N) is 5. The maximum absolute atomic E-state index is 13.9. The number of alkyl halides is 3. The van der Waals surface area contributed by atoms with Gasteiger partial charge >= 0.3 is 17.8 Å². The number of hydrogen-bond acceptors (Lipinski definition) is 8. The number of fused-ring (bicyclic) bond motifs is 1. The summed E-state index contributed by atoms with van der Waals surface area (Å²) in [5, 5.41) is 8.32. The van der Waals surface area contributed by atoms with Crippen molar-refractivity contribution in [2.24, 2.45) is 0 Å². The highest BCUT2D eigenvalue weighted by molar-refractivity contribution is 5.97. The van der Waals surface area contributed by atoms with Gasteiger partial charge in [0.25, 0.3) is 5.88 Å². The van der Waals surface area contributed by atoms with Crippen molar-refractivity contribution in [1.82, 2.24) is 14.7 Å². The van der Waals surface area contributed by atoms with Gasteiger partial charge in [0.15, 0.2) is 12.3 Å². The summed E-state index contributed by atoms with van der Waals surface area (Å²) >= 11 is 0. The van der Waals surface area contributed by atoms with Crippen LogP contribution in [0.5, 0.6) is 11.6 Å². The van der Waals surface area contributed by atoms with E-state index >= 15 is 0 Å². The van der Waals surface area contributed by atoms with Crippen LogP contribution in [0.4, 0.5) is 24.8 Å². The zero-order valence-electron chi connectivity index (χ0n) is 18.6. The minimum absolute atomic E-state index is 0.00377. The number of ether oxygens (including phenoxy) is 3. The Hall–Kier alpha value is -3.61. The topological polar surface area (TPSA) is 108 Å². The maximum atomic E-state index is 13.9. The molecule has 0 amide bonds. The Morgan fingerprint density at radius 2 is 2.00 bits per heavy atom. The monoisotopic (exact) mass is 481 g/mol. The normalized spacial score (nSPS) is 14.4. The Kier molecular flexibility index (Phi) is 6.46. The zero-order valence-corrected chi connectivity index (χ0v) is 18.6. The highest BCUT2D eigenvalue weighted by Crippen LogP contribution is 2.43. The molecule has 1 saturated heterocycles. The summed E-state index contributed by atoms with van der Waals surface area (Å²) in [6.07, 6.45) is -4.72. The first-order valence-corrected chi connectivity index (χ1v) is 10.6. The van der Waals surface area contributed by atoms with E-state index in [-0.39, 0.29) is 29.5 Å². The fraction of sp³-hybridized carbons (Fsp3) is 0.429. The SMILES string of the molecule is CCOc1ccc2n(n1)c(N)n[n+]2CC(=O)c1cc(N2CCOCC2)c(OC)c(C(F)(F)F)c1. The highest BCUT2D eigenvalue weighted by Gasteiger charge is 2.38. The molecule has 1 aromatic carbocycles. The van der Waals surface area contributed by atoms with Gasteiger partial charge in [-0.3, -0.25) is 4.79 Å². The van der Waals surface area contributed by atoms with Crippen LogP contribution in [0.1, 0.15) is 22.8 Å². The van der Waals surface area contributed by atoms with Crippen LogP contribution in [-0.2, 0) is 17.5 Å². The van der Waals surface area contributed by atoms with Crippen molar-refractivity contribution < 1.29 is 36.9 Å². The van der Waals surface area contributed by atoms with Crippen LogP contribution in [0.2, 0.25) is 0 Å². The van der Waals surface area contributed by atoms with E-state index in [1.165, 1.54) is 22.4 Å². The molecule has 3 aromatic rings. The minimum Gasteiger partial charge on any atom is -0.494 e. The summed E-state index contributed by atoms with van der Waals surface area (Å²) in [5.41, 5.74) is 5.34. The van der Waals surface area contributed by atoms with Crippen molar-refractivity contribution in [3.63, 3.8) is 0 Å². The average Bonchev–Trinajstić information content (AvgIpc) is 3.12. The molecule has 0 bridgehead atoms. The Morgan fingerprint density at radius 3 is 2.65 bits per heavy atom. The number of benzene rings is 1. The second kappa shape index (κ2) is 9.33. The average molecular weight is 481 g/mol. The van der Waals surface area contributed by atoms with Crippen LogP contribution < -0.4 is 24.8 Å². The van der Waals surface area contributed by atoms with Crippen molar-refractivity contribution in [3.05, 3.63) is 35.4 Å². The molecule has 4 rings (SSSR count). The summed E-state index contributed by atoms with van der Waals surface area (Å²) in [4.78, 5) is 14.9. The molecule has 10 nitrogen and oxygen atoms in total. The fourth-order valence-electron chi connectivity index (χ4n) is 3.79. The number of morpholine rings is 1. The zero-order chi connectivity index (χ0) is 24.5. The van der Waals surface area contributed by atoms with E-state index in [1.54, 1.807) is 24.0 Å². The number of hydrogen-bond donors (Lipinski definition) is 1. The molecule has 182 valence electrons. The summed E-state index contributed by atoms with van der Waals surface area (Å²) < 4.78 is 60.0. The molecule has 0 aliphatic carbocycles. The van der Waals surface area contributed by atoms with E-state index in [2.05, 4.69) is 10.2 Å². The van der Waals surface area contributed by atoms with Crippen LogP contribution in [0.15, 0.2) is 24.3 Å². The first-order chi connectivity index (χ1) is 16.2. The van der Waals surface area contributed by atoms with E-state index in [0.29, 0.717) is 44.4 Å². The van der Waals surface area contributed by atoms with Crippen molar-refractivity contribution in [2.75, 3.05) is 50.7 Å². The standard InChI is InChI=1S/C21H24F3N6O4/c1-3-34-17-4-5-18-29(27-20(25)30(18)26-17)12-16(31)13-10-14(21(22,23)24)19(32-2)15(11-13)28-6-8-33-9-7-28/h4-5,10-11H,3,6-9,12H2,1-2H3,(H2,25,27)/q+1. The summed E-state index contributed by atoms with van der Waals surface area (Å²) in [5.74, 6) is -0.591. The van der Waals surface area contributed by atoms with Crippen LogP contribution in [-0.4, -0.2) is 60.5 Å². The number of aromatic nitrogens is 4. The van der Waals surface area contributed by atoms with E-state index < -0.39 is 17.5 Å². The number of halogens is 3. The second-order valence-electron chi connectivity index (χ2n) is 7.49. The van der Waals surface area contributed by atoms with Gasteiger partial charge in [-0.05, 0) is 29.3 Å². The van der Waals surface area contributed by atoms with Crippen molar-refractivity contribution >= 4 is 23.1 Å². The van der Waals surface area contributed by atoms with E-state index in [1.807, 2.05) is 0 Å². The molecule has 0 spiro atoms. The number of methoxy groups -OCH3 is 1. The van der Waals surface area contributed by atoms with Gasteiger partial charge in [0.1, 0.15) is 5.56 Å². The molecule has 1 aliphatic heterocycles. The van der Waals surface area contributed by atoms with Crippen LogP contribution in [0.3, 0.4) is 0 Å². The van der Waals surface area contributed by atoms with E-state index in [0.717, 1.165) is 6.07 Å². The molecule has 0 radical (unpaired) electrons. The van der Waals surface area contributed by atoms with E-state index in [9.17, 15) is 18.0 Å². The molecule has 3 heterocycles. The molecule has 0 atom stereocenters. The maximum Gasteiger partial charge on any atom is 0.420 e. The Bertz CT molecular complexity index is 1210. The number of carbonyl (C=O) groups excluding carboxylic acids is 1. The Morgan fingerprint density at radius 1 is 1.26 bits per heavy atom. The van der Waals surface area contributed by atoms with Gasteiger partial charge in [0.2, 0.25) is 5.78 Å². The molecule has 2 aromatic heterocycles. The molecular formula is C21H24F3N6O4+. The lowest BCUT2D eigenvalue weighted by Crippen LogP contribution is -2.41. The minimum atomic E-state index is -4.72. The van der Waals surface area contributed by atoms with Gasteiger partial charge < -0.3 is 24.8 Å². The first-order valence-electron chi connectivity index (χ1n) is 10.6. The molecule has 13 heteroatoms. The predicted molar refractivity (Wildman–Crippen MR) is 114 cm³/mol. The number of ketones is 1. The summed E-state index contributed by atoms with van der Waals surface area (Å²) in [6.45, 7) is 3.31. The van der Waals surface area contributed by atoms with Gasteiger partial charge in [0, 0.05) is 30.8 Å². The number of anilines is 2. The number of nitrogen functional groups attached to an aromatic ring is 1. The molecule has 1 aliphatic rings. The second-order valence-corrected chi connectivity index (χ2v) is 7.49. The quantitative estimate of drug-likeness (QED) is 0.402. The van der Waals surface area contributed by atoms with Gasteiger partial charge in [-0.15, -0.1) is 4.68 Å². The largest absolute Gasteiger partial charge is 0.494 e. The van der Waals surface area contributed by atoms with Crippen molar-refractivity contribution in [2.45, 2.75) is 19.6 Å². The number of carbonyl (C=O) groups is 1. The van der Waals surface area contributed by atoms with Crippen LogP contribution >= 0.6 is 0 Å². The first kappa shape index (κ1) is 23.5. The number of Topliss-reactive ketones (excluding diaryl/α,β-unsaturated/α-hetero) is 1. The van der Waals surface area contributed by atoms with E-state index in [4.69, 9.17) is 19.9 Å². The van der Waals surface area contributed by atoms with Gasteiger partial charge in [-0.2, -0.15) is 13.2 Å². The summed E-state index contributed by atoms with van der Waals surface area (Å²) in [6, 6.07) is 5.42. The third-order valence-electron chi connectivity index (χ3n) is 5.33. The Balaban J connectivity index is 1.73. The lowest BCUT2D eigenvalue weighted by molar-refractivity contribution is -0.714. The van der Waals surface area contributed by atoms with Gasteiger partial charge in [0.05, 0.1) is 32.6 Å². The van der Waals surface area contributed by atoms with Crippen molar-refractivity contribution in [3.8, 4) is 11.6 Å². The smallest absolute Gasteiger partial charge is 0.420 e. The molecule has 0 saturated carbocycles. The van der Waals surface area contributed by atoms with Gasteiger partial charge in [-0.25, -0.2) is 0 Å². The highest BCUT2D eigenvalue weighted by atomic mass is 19.4.